The average molecular weight is 311 g/mol. The Morgan fingerprint density at radius 1 is 1.33 bits per heavy atom. The Hall–Kier alpha value is -1.73. The molecule has 0 fully saturated rings. The zero-order valence-corrected chi connectivity index (χ0v) is 13.3. The first-order valence-electron chi connectivity index (χ1n) is 6.43. The summed E-state index contributed by atoms with van der Waals surface area (Å²) < 4.78 is 41.4. The fourth-order valence-corrected chi connectivity index (χ4v) is 3.65. The minimum absolute atomic E-state index is 0.0273. The molecule has 2 rings (SSSR count). The van der Waals surface area contributed by atoms with Gasteiger partial charge >= 0.3 is 0 Å². The molecular weight excluding hydrogens is 293 g/mol. The van der Waals surface area contributed by atoms with E-state index in [-0.39, 0.29) is 11.6 Å². The second kappa shape index (κ2) is 5.57. The van der Waals surface area contributed by atoms with Crippen molar-refractivity contribution in [2.75, 3.05) is 7.05 Å². The number of sulfonamides is 1. The van der Waals surface area contributed by atoms with Crippen LogP contribution < -0.4 is 0 Å². The normalized spacial score (nSPS) is 12.1. The zero-order chi connectivity index (χ0) is 15.8. The maximum Gasteiger partial charge on any atom is 0.260 e. The number of benzene rings is 1. The van der Waals surface area contributed by atoms with Crippen LogP contribution in [0.5, 0.6) is 0 Å². The van der Waals surface area contributed by atoms with E-state index in [1.54, 1.807) is 26.1 Å². The summed E-state index contributed by atoms with van der Waals surface area (Å²) in [4.78, 5) is 0. The summed E-state index contributed by atoms with van der Waals surface area (Å²) in [7, 11) is -0.713. The average Bonchev–Trinajstić information content (AvgIpc) is 2.73. The van der Waals surface area contributed by atoms with Gasteiger partial charge in [0.25, 0.3) is 10.0 Å². The van der Waals surface area contributed by atoms with E-state index in [1.807, 2.05) is 6.92 Å². The maximum atomic E-state index is 13.8. The minimum Gasteiger partial charge on any atom is -0.256 e. The summed E-state index contributed by atoms with van der Waals surface area (Å²) in [6, 6.07) is 4.65. The predicted octanol–water partition coefficient (Wildman–Crippen LogP) is 2.00. The molecule has 0 unspecified atom stereocenters. The summed E-state index contributed by atoms with van der Waals surface area (Å²) in [6.45, 7) is 3.49. The first-order valence-corrected chi connectivity index (χ1v) is 7.87. The third kappa shape index (κ3) is 2.98. The predicted molar refractivity (Wildman–Crippen MR) is 77.7 cm³/mol. The number of hydrogen-bond donors (Lipinski definition) is 0. The van der Waals surface area contributed by atoms with Crippen LogP contribution in [0.25, 0.3) is 0 Å². The van der Waals surface area contributed by atoms with Crippen molar-refractivity contribution in [3.8, 4) is 0 Å². The van der Waals surface area contributed by atoms with Crippen LogP contribution >= 0.6 is 0 Å². The molecule has 7 heteroatoms. The number of hydrogen-bond acceptors (Lipinski definition) is 3. The zero-order valence-electron chi connectivity index (χ0n) is 12.5. The van der Waals surface area contributed by atoms with Crippen LogP contribution in [0.2, 0.25) is 0 Å². The molecular formula is C14H18FN3O2S. The summed E-state index contributed by atoms with van der Waals surface area (Å²) in [5.74, 6) is -0.413. The fourth-order valence-electron chi connectivity index (χ4n) is 2.20. The molecule has 0 radical (unpaired) electrons. The van der Waals surface area contributed by atoms with Gasteiger partial charge in [-0.05, 0) is 19.9 Å². The Morgan fingerprint density at radius 3 is 2.57 bits per heavy atom. The highest BCUT2D eigenvalue weighted by atomic mass is 32.2. The van der Waals surface area contributed by atoms with Crippen molar-refractivity contribution in [2.45, 2.75) is 25.4 Å². The van der Waals surface area contributed by atoms with Crippen molar-refractivity contribution in [2.24, 2.45) is 7.05 Å². The molecule has 1 aromatic heterocycles. The first kappa shape index (κ1) is 15.7. The van der Waals surface area contributed by atoms with Crippen molar-refractivity contribution < 1.29 is 12.8 Å². The number of halogens is 1. The van der Waals surface area contributed by atoms with Crippen LogP contribution in [-0.2, 0) is 23.6 Å². The van der Waals surface area contributed by atoms with E-state index in [0.29, 0.717) is 11.1 Å². The first-order chi connectivity index (χ1) is 9.73. The van der Waals surface area contributed by atoms with Gasteiger partial charge < -0.3 is 0 Å². The van der Waals surface area contributed by atoms with E-state index in [0.717, 1.165) is 9.87 Å². The van der Waals surface area contributed by atoms with Gasteiger partial charge in [0, 0.05) is 31.8 Å². The van der Waals surface area contributed by atoms with E-state index in [2.05, 4.69) is 5.10 Å². The van der Waals surface area contributed by atoms with Gasteiger partial charge in [-0.1, -0.05) is 17.7 Å². The topological polar surface area (TPSA) is 55.2 Å². The van der Waals surface area contributed by atoms with Crippen molar-refractivity contribution in [3.63, 3.8) is 0 Å². The SMILES string of the molecule is Cc1ccc(F)c(CN(C)S(=O)(=O)c2c(C)cnn2C)c1. The smallest absolute Gasteiger partial charge is 0.256 e. The second-order valence-electron chi connectivity index (χ2n) is 5.11. The van der Waals surface area contributed by atoms with E-state index >= 15 is 0 Å². The number of aryl methyl sites for hydroxylation is 3. The summed E-state index contributed by atoms with van der Waals surface area (Å²) in [5.41, 5.74) is 1.80. The third-order valence-electron chi connectivity index (χ3n) is 3.30. The summed E-state index contributed by atoms with van der Waals surface area (Å²) in [6.07, 6.45) is 1.49. The lowest BCUT2D eigenvalue weighted by molar-refractivity contribution is 0.447. The number of aromatic nitrogens is 2. The van der Waals surface area contributed by atoms with Crippen molar-refractivity contribution in [1.29, 1.82) is 0 Å². The monoisotopic (exact) mass is 311 g/mol. The molecule has 0 N–H and O–H groups in total. The number of rotatable bonds is 4. The van der Waals surface area contributed by atoms with Gasteiger partial charge in [0.1, 0.15) is 5.82 Å². The Balaban J connectivity index is 2.36. The molecule has 21 heavy (non-hydrogen) atoms. The Labute approximate surface area is 124 Å². The fraction of sp³-hybridized carbons (Fsp3) is 0.357. The van der Waals surface area contributed by atoms with Crippen LogP contribution in [0.1, 0.15) is 16.7 Å². The van der Waals surface area contributed by atoms with Gasteiger partial charge in [-0.25, -0.2) is 12.8 Å². The molecule has 0 saturated heterocycles. The molecule has 5 nitrogen and oxygen atoms in total. The quantitative estimate of drug-likeness (QED) is 0.868. The molecule has 0 saturated carbocycles. The van der Waals surface area contributed by atoms with Gasteiger partial charge in [0.15, 0.2) is 5.03 Å². The third-order valence-corrected chi connectivity index (χ3v) is 5.33. The van der Waals surface area contributed by atoms with Crippen LogP contribution in [0.3, 0.4) is 0 Å². The van der Waals surface area contributed by atoms with Gasteiger partial charge in [-0.3, -0.25) is 4.68 Å². The van der Waals surface area contributed by atoms with Gasteiger partial charge in [0.05, 0.1) is 6.20 Å². The van der Waals surface area contributed by atoms with Gasteiger partial charge in [-0.2, -0.15) is 9.40 Å². The minimum atomic E-state index is -3.72. The van der Waals surface area contributed by atoms with E-state index < -0.39 is 15.8 Å². The van der Waals surface area contributed by atoms with Crippen molar-refractivity contribution in [1.82, 2.24) is 14.1 Å². The molecule has 0 amide bonds. The standard InChI is InChI=1S/C14H18FN3O2S/c1-10-5-6-13(15)12(7-10)9-17(3)21(19,20)14-11(2)8-16-18(14)4/h5-8H,9H2,1-4H3. The molecule has 0 spiro atoms. The molecule has 114 valence electrons. The van der Waals surface area contributed by atoms with E-state index in [1.165, 1.54) is 24.0 Å². The molecule has 2 aromatic rings. The lowest BCUT2D eigenvalue weighted by Gasteiger charge is -2.18. The lowest BCUT2D eigenvalue weighted by atomic mass is 10.1. The van der Waals surface area contributed by atoms with Crippen molar-refractivity contribution in [3.05, 3.63) is 46.9 Å². The molecule has 1 aromatic carbocycles. The highest BCUT2D eigenvalue weighted by Gasteiger charge is 2.27. The molecule has 0 aliphatic rings. The Bertz CT molecular complexity index is 749. The molecule has 0 aliphatic carbocycles. The highest BCUT2D eigenvalue weighted by Crippen LogP contribution is 2.20. The van der Waals surface area contributed by atoms with Crippen LogP contribution in [0.15, 0.2) is 29.4 Å². The summed E-state index contributed by atoms with van der Waals surface area (Å²) in [5, 5.41) is 4.06. The molecule has 1 heterocycles. The van der Waals surface area contributed by atoms with Crippen LogP contribution in [0.4, 0.5) is 4.39 Å². The van der Waals surface area contributed by atoms with Crippen molar-refractivity contribution >= 4 is 10.0 Å². The lowest BCUT2D eigenvalue weighted by Crippen LogP contribution is -2.29. The van der Waals surface area contributed by atoms with E-state index in [9.17, 15) is 12.8 Å². The second-order valence-corrected chi connectivity index (χ2v) is 7.07. The van der Waals surface area contributed by atoms with Crippen LogP contribution in [0, 0.1) is 19.7 Å². The van der Waals surface area contributed by atoms with E-state index in [4.69, 9.17) is 0 Å². The largest absolute Gasteiger partial charge is 0.260 e. The Kier molecular flexibility index (Phi) is 4.15. The van der Waals surface area contributed by atoms with Crippen LogP contribution in [-0.4, -0.2) is 29.6 Å². The number of nitrogens with zero attached hydrogens (tertiary/aromatic N) is 3. The highest BCUT2D eigenvalue weighted by molar-refractivity contribution is 7.89. The molecule has 0 atom stereocenters. The molecule has 0 aliphatic heterocycles. The van der Waals surface area contributed by atoms with Gasteiger partial charge in [0.2, 0.25) is 0 Å². The molecule has 0 bridgehead atoms. The van der Waals surface area contributed by atoms with Gasteiger partial charge in [-0.15, -0.1) is 0 Å². The Morgan fingerprint density at radius 2 is 2.00 bits per heavy atom. The maximum absolute atomic E-state index is 13.8. The summed E-state index contributed by atoms with van der Waals surface area (Å²) >= 11 is 0.